The van der Waals surface area contributed by atoms with E-state index in [2.05, 4.69) is 29.8 Å². The van der Waals surface area contributed by atoms with Crippen LogP contribution in [0.25, 0.3) is 11.2 Å². The minimum absolute atomic E-state index is 0.0456. The lowest BCUT2D eigenvalue weighted by atomic mass is 10.1. The number of phosphoric acid groups is 2. The maximum Gasteiger partial charge on any atom is 0.472 e. The molecule has 6 heterocycles. The highest BCUT2D eigenvalue weighted by atomic mass is 32.2. The fourth-order valence-electron chi connectivity index (χ4n) is 5.95. The van der Waals surface area contributed by atoms with Gasteiger partial charge in [0, 0.05) is 30.3 Å². The number of ether oxygens (including phenoxy) is 3. The van der Waals surface area contributed by atoms with Crippen molar-refractivity contribution in [2.75, 3.05) is 37.1 Å². The van der Waals surface area contributed by atoms with Crippen molar-refractivity contribution in [3.05, 3.63) is 35.4 Å². The predicted molar refractivity (Wildman–Crippen MR) is 181 cm³/mol. The molecule has 3 aliphatic heterocycles. The van der Waals surface area contributed by atoms with E-state index in [9.17, 15) is 38.5 Å². The van der Waals surface area contributed by atoms with Crippen LogP contribution in [0.15, 0.2) is 29.7 Å². The number of carbonyl (C=O) groups is 1. The number of imidazole rings is 1. The number of rotatable bonds is 15. The molecule has 53 heavy (non-hydrogen) atoms. The molecule has 3 aromatic rings. The third-order valence-corrected chi connectivity index (χ3v) is 11.3. The molecular formula is C26H38N10O14P2S. The van der Waals surface area contributed by atoms with Crippen molar-refractivity contribution in [3.8, 4) is 0 Å². The molecular weight excluding hydrogens is 770 g/mol. The Balaban J connectivity index is 1.17. The normalized spacial score (nSPS) is 29.4. The van der Waals surface area contributed by atoms with E-state index < -0.39 is 89.5 Å². The molecule has 0 aliphatic carbocycles. The van der Waals surface area contributed by atoms with Crippen LogP contribution in [0.4, 0.5) is 11.6 Å². The molecule has 3 fully saturated rings. The van der Waals surface area contributed by atoms with Crippen LogP contribution in [-0.4, -0.2) is 122 Å². The Bertz CT molecular complexity index is 1930. The Hall–Kier alpha value is -3.13. The van der Waals surface area contributed by atoms with Crippen LogP contribution in [-0.2, 0) is 41.7 Å². The van der Waals surface area contributed by atoms with Gasteiger partial charge in [0.1, 0.15) is 54.3 Å². The lowest BCUT2D eigenvalue weighted by Gasteiger charge is -2.24. The highest BCUT2D eigenvalue weighted by Crippen LogP contribution is 2.50. The Kier molecular flexibility index (Phi) is 12.2. The number of carbonyl (C=O) groups excluding carboxylic acids is 1. The van der Waals surface area contributed by atoms with E-state index in [1.54, 1.807) is 11.8 Å². The maximum atomic E-state index is 13.3. The zero-order valence-corrected chi connectivity index (χ0v) is 30.1. The van der Waals surface area contributed by atoms with Crippen LogP contribution in [0.2, 0.25) is 0 Å². The minimum Gasteiger partial charge on any atom is -0.455 e. The molecule has 0 bridgehead atoms. The molecule has 0 spiro atoms. The van der Waals surface area contributed by atoms with Gasteiger partial charge in [0.2, 0.25) is 0 Å². The number of aliphatic hydroxyl groups excluding tert-OH is 1. The van der Waals surface area contributed by atoms with Gasteiger partial charge in [-0.15, -0.1) is 11.8 Å². The summed E-state index contributed by atoms with van der Waals surface area (Å²) in [5, 5.41) is 14.9. The zero-order valence-electron chi connectivity index (χ0n) is 27.5. The van der Waals surface area contributed by atoms with E-state index >= 15 is 0 Å². The van der Waals surface area contributed by atoms with Gasteiger partial charge in [-0.05, 0) is 18.9 Å². The van der Waals surface area contributed by atoms with Crippen molar-refractivity contribution in [2.45, 2.75) is 73.5 Å². The quantitative estimate of drug-likeness (QED) is 0.0613. The number of nitrogen functional groups attached to an aromatic ring is 2. The van der Waals surface area contributed by atoms with Gasteiger partial charge in [0.05, 0.1) is 19.5 Å². The van der Waals surface area contributed by atoms with E-state index in [1.807, 2.05) is 0 Å². The number of thioether (sulfide) groups is 1. The van der Waals surface area contributed by atoms with E-state index in [1.165, 1.54) is 29.5 Å². The average Bonchev–Trinajstić information content (AvgIpc) is 3.89. The van der Waals surface area contributed by atoms with Gasteiger partial charge in [-0.2, -0.15) is 4.98 Å². The molecule has 11 N–H and O–H groups in total. The first-order valence-corrected chi connectivity index (χ1v) is 20.1. The standard InChI is InChI=1S/C26H38N10O14P2S/c27-13(2-1-12-6-30-11-53-12)25(38)49-21-16(48-24(20(21)37)36-10-33-19-22(29)31-9-32-23(19)36)8-46-52(43,44)50-14-5-18(35-4-3-17(28)34-26(35)39)47-15(14)7-45-51(40,41)42/h3-4,9-10,12-16,18,20-21,24,30,37H,1-2,5-8,11,27H2,(H,43,44)(H2,28,34,39)(H2,29,31,32)(H2,40,41,42)/t12?,13-,14+,15-,16?,18-,20?,21?,24?/m1/s1. The Morgan fingerprint density at radius 1 is 1.11 bits per heavy atom. The van der Waals surface area contributed by atoms with Gasteiger partial charge in [0.15, 0.2) is 23.8 Å². The van der Waals surface area contributed by atoms with Crippen LogP contribution in [0, 0.1) is 0 Å². The van der Waals surface area contributed by atoms with Gasteiger partial charge in [0.25, 0.3) is 0 Å². The smallest absolute Gasteiger partial charge is 0.455 e. The molecule has 292 valence electrons. The molecule has 6 unspecified atom stereocenters. The van der Waals surface area contributed by atoms with Crippen LogP contribution < -0.4 is 28.2 Å². The number of esters is 1. The highest BCUT2D eigenvalue weighted by molar-refractivity contribution is 8.00. The van der Waals surface area contributed by atoms with E-state index in [4.69, 9.17) is 40.5 Å². The number of aliphatic hydroxyl groups is 1. The monoisotopic (exact) mass is 808 g/mol. The zero-order chi connectivity index (χ0) is 38.1. The molecule has 6 rings (SSSR count). The summed E-state index contributed by atoms with van der Waals surface area (Å²) in [5.74, 6) is -0.116. The molecule has 0 radical (unpaired) electrons. The third kappa shape index (κ3) is 9.58. The number of fused-ring (bicyclic) bond motifs is 1. The topological polar surface area (TPSA) is 356 Å². The Labute approximate surface area is 303 Å². The van der Waals surface area contributed by atoms with E-state index in [-0.39, 0.29) is 40.9 Å². The molecule has 10 atom stereocenters. The van der Waals surface area contributed by atoms with Crippen LogP contribution >= 0.6 is 27.4 Å². The van der Waals surface area contributed by atoms with Crippen molar-refractivity contribution in [1.29, 1.82) is 0 Å². The van der Waals surface area contributed by atoms with E-state index in [0.29, 0.717) is 6.42 Å². The molecule has 3 saturated heterocycles. The lowest BCUT2D eigenvalue weighted by Crippen LogP contribution is -2.43. The predicted octanol–water partition coefficient (Wildman–Crippen LogP) is -1.91. The summed E-state index contributed by atoms with van der Waals surface area (Å²) in [6, 6.07) is 0.226. The average molecular weight is 809 g/mol. The van der Waals surface area contributed by atoms with Gasteiger partial charge >= 0.3 is 27.3 Å². The third-order valence-electron chi connectivity index (χ3n) is 8.54. The molecule has 0 saturated carbocycles. The Morgan fingerprint density at radius 3 is 2.60 bits per heavy atom. The summed E-state index contributed by atoms with van der Waals surface area (Å²) in [4.78, 5) is 70.6. The number of aromatic nitrogens is 6. The summed E-state index contributed by atoms with van der Waals surface area (Å²) in [5.41, 5.74) is 17.1. The number of hydrogen-bond acceptors (Lipinski definition) is 20. The second kappa shape index (κ2) is 16.3. The maximum absolute atomic E-state index is 13.3. The van der Waals surface area contributed by atoms with Gasteiger partial charge in [-0.1, -0.05) is 0 Å². The molecule has 3 aliphatic rings. The lowest BCUT2D eigenvalue weighted by molar-refractivity contribution is -0.158. The minimum atomic E-state index is -5.13. The molecule has 0 aromatic carbocycles. The van der Waals surface area contributed by atoms with Crippen LogP contribution in [0.5, 0.6) is 0 Å². The first-order valence-electron chi connectivity index (χ1n) is 16.0. The van der Waals surface area contributed by atoms with Crippen LogP contribution in [0.3, 0.4) is 0 Å². The summed E-state index contributed by atoms with van der Waals surface area (Å²) in [6.45, 7) is -0.852. The molecule has 0 amide bonds. The van der Waals surface area contributed by atoms with Crippen molar-refractivity contribution in [1.82, 2.24) is 34.4 Å². The van der Waals surface area contributed by atoms with Crippen molar-refractivity contribution < 1.29 is 61.5 Å². The van der Waals surface area contributed by atoms with Gasteiger partial charge < -0.3 is 56.5 Å². The fraction of sp³-hybridized carbons (Fsp3) is 0.615. The Morgan fingerprint density at radius 2 is 1.89 bits per heavy atom. The first-order chi connectivity index (χ1) is 25.1. The van der Waals surface area contributed by atoms with Crippen LogP contribution in [0.1, 0.15) is 31.7 Å². The summed E-state index contributed by atoms with van der Waals surface area (Å²) < 4.78 is 59.5. The van der Waals surface area contributed by atoms with Crippen molar-refractivity contribution >= 4 is 56.2 Å². The van der Waals surface area contributed by atoms with Gasteiger partial charge in [-0.3, -0.25) is 27.5 Å². The number of phosphoric ester groups is 2. The second-order valence-electron chi connectivity index (χ2n) is 12.2. The number of anilines is 2. The molecule has 27 heteroatoms. The van der Waals surface area contributed by atoms with Gasteiger partial charge in [-0.25, -0.2) is 28.9 Å². The summed E-state index contributed by atoms with van der Waals surface area (Å²) >= 11 is 1.70. The first kappa shape index (κ1) is 39.6. The molecule has 3 aromatic heterocycles. The summed E-state index contributed by atoms with van der Waals surface area (Å²) in [6.07, 6.45) is -5.55. The van der Waals surface area contributed by atoms with Crippen molar-refractivity contribution in [2.24, 2.45) is 5.73 Å². The summed E-state index contributed by atoms with van der Waals surface area (Å²) in [7, 11) is -10.2. The number of nitrogens with zero attached hydrogens (tertiary/aromatic N) is 6. The number of nitrogens with two attached hydrogens (primary N) is 3. The SMILES string of the molecule is Nc1ccn([C@H]2C[C@H](OP(=O)(O)OCC3OC(n4cnc5c(N)ncnc54)C(O)C3OC(=O)[C@H](N)CCC3CNCS3)[C@@H](COP(=O)(O)O)O2)c(=O)n1. The molecule has 24 nitrogen and oxygen atoms in total. The highest BCUT2D eigenvalue weighted by Gasteiger charge is 2.50. The largest absolute Gasteiger partial charge is 0.472 e. The van der Waals surface area contributed by atoms with E-state index in [0.717, 1.165) is 17.0 Å². The second-order valence-corrected chi connectivity index (χ2v) is 16.1. The number of nitrogens with one attached hydrogen (secondary N) is 1. The number of hydrogen-bond donors (Lipinski definition) is 8. The fourth-order valence-corrected chi connectivity index (χ4v) is 8.26. The van der Waals surface area contributed by atoms with Crippen molar-refractivity contribution in [3.63, 3.8) is 0 Å².